The SMILES string of the molecule is NC(=O)c1ccc(S)c(N)c1.[Zn]. The molecule has 0 aromatic heterocycles. The van der Waals surface area contributed by atoms with E-state index < -0.39 is 5.91 Å². The summed E-state index contributed by atoms with van der Waals surface area (Å²) in [5, 5.41) is 0. The molecule has 0 aliphatic rings. The molecule has 0 saturated carbocycles. The molecule has 0 saturated heterocycles. The summed E-state index contributed by atoms with van der Waals surface area (Å²) in [6, 6.07) is 4.73. The molecule has 0 heterocycles. The summed E-state index contributed by atoms with van der Waals surface area (Å²) in [7, 11) is 0. The topological polar surface area (TPSA) is 69.1 Å². The molecule has 0 atom stereocenters. The van der Waals surface area contributed by atoms with Gasteiger partial charge in [0.2, 0.25) is 5.91 Å². The van der Waals surface area contributed by atoms with Gasteiger partial charge in [0.25, 0.3) is 0 Å². The number of rotatable bonds is 1. The molecule has 12 heavy (non-hydrogen) atoms. The Labute approximate surface area is 88.7 Å². The van der Waals surface area contributed by atoms with Crippen LogP contribution in [0.3, 0.4) is 0 Å². The summed E-state index contributed by atoms with van der Waals surface area (Å²) in [6.45, 7) is 0. The molecule has 1 aromatic carbocycles. The number of amides is 1. The van der Waals surface area contributed by atoms with Crippen molar-refractivity contribution in [2.45, 2.75) is 4.90 Å². The van der Waals surface area contributed by atoms with Crippen molar-refractivity contribution in [3.63, 3.8) is 0 Å². The van der Waals surface area contributed by atoms with Gasteiger partial charge in [-0.3, -0.25) is 4.79 Å². The number of hydrogen-bond acceptors (Lipinski definition) is 3. The van der Waals surface area contributed by atoms with Crippen molar-refractivity contribution < 1.29 is 24.3 Å². The van der Waals surface area contributed by atoms with Crippen LogP contribution in [0.1, 0.15) is 10.4 Å². The molecule has 0 aliphatic carbocycles. The van der Waals surface area contributed by atoms with Crippen LogP contribution >= 0.6 is 12.6 Å². The molecular formula is C7H8N2OSZn. The quantitative estimate of drug-likeness (QED) is 0.379. The first-order valence-electron chi connectivity index (χ1n) is 2.99. The molecule has 0 spiro atoms. The van der Waals surface area contributed by atoms with Crippen LogP contribution in [-0.4, -0.2) is 5.91 Å². The predicted molar refractivity (Wildman–Crippen MR) is 46.6 cm³/mol. The number of anilines is 1. The van der Waals surface area contributed by atoms with E-state index in [-0.39, 0.29) is 19.5 Å². The van der Waals surface area contributed by atoms with Crippen molar-refractivity contribution >= 4 is 24.2 Å². The molecule has 0 aliphatic heterocycles. The summed E-state index contributed by atoms with van der Waals surface area (Å²) >= 11 is 4.04. The molecule has 4 N–H and O–H groups in total. The maximum Gasteiger partial charge on any atom is 0.248 e. The largest absolute Gasteiger partial charge is 0.398 e. The summed E-state index contributed by atoms with van der Waals surface area (Å²) in [6.07, 6.45) is 0. The van der Waals surface area contributed by atoms with E-state index in [0.717, 1.165) is 0 Å². The first-order valence-corrected chi connectivity index (χ1v) is 3.44. The van der Waals surface area contributed by atoms with Crippen LogP contribution in [0.5, 0.6) is 0 Å². The number of carbonyl (C=O) groups is 1. The van der Waals surface area contributed by atoms with Gasteiger partial charge in [-0.15, -0.1) is 12.6 Å². The van der Waals surface area contributed by atoms with Gasteiger partial charge in [0.05, 0.1) is 0 Å². The molecule has 0 unspecified atom stereocenters. The Morgan fingerprint density at radius 1 is 1.42 bits per heavy atom. The fraction of sp³-hybridized carbons (Fsp3) is 0. The number of benzene rings is 1. The zero-order valence-corrected chi connectivity index (χ0v) is 10.3. The second kappa shape index (κ2) is 4.48. The maximum absolute atomic E-state index is 10.6. The third kappa shape index (κ3) is 2.50. The average Bonchev–Trinajstić information content (AvgIpc) is 1.94. The van der Waals surface area contributed by atoms with Crippen molar-refractivity contribution in [3.8, 4) is 0 Å². The second-order valence-electron chi connectivity index (χ2n) is 2.14. The van der Waals surface area contributed by atoms with Crippen LogP contribution in [0.25, 0.3) is 0 Å². The molecule has 0 radical (unpaired) electrons. The summed E-state index contributed by atoms with van der Waals surface area (Å²) in [5.74, 6) is -0.481. The van der Waals surface area contributed by atoms with E-state index >= 15 is 0 Å². The first-order chi connectivity index (χ1) is 5.11. The van der Waals surface area contributed by atoms with Gasteiger partial charge in [-0.2, -0.15) is 0 Å². The van der Waals surface area contributed by atoms with Crippen LogP contribution in [0, 0.1) is 0 Å². The van der Waals surface area contributed by atoms with E-state index in [2.05, 4.69) is 12.6 Å². The van der Waals surface area contributed by atoms with Crippen molar-refractivity contribution in [2.24, 2.45) is 5.73 Å². The van der Waals surface area contributed by atoms with Gasteiger partial charge in [-0.05, 0) is 18.2 Å². The van der Waals surface area contributed by atoms with Crippen molar-refractivity contribution in [2.75, 3.05) is 5.73 Å². The van der Waals surface area contributed by atoms with E-state index in [4.69, 9.17) is 11.5 Å². The molecule has 3 nitrogen and oxygen atoms in total. The van der Waals surface area contributed by atoms with E-state index in [1.54, 1.807) is 12.1 Å². The summed E-state index contributed by atoms with van der Waals surface area (Å²) < 4.78 is 0. The van der Waals surface area contributed by atoms with E-state index in [0.29, 0.717) is 16.1 Å². The molecule has 1 rings (SSSR count). The van der Waals surface area contributed by atoms with Gasteiger partial charge >= 0.3 is 0 Å². The zero-order chi connectivity index (χ0) is 8.43. The van der Waals surface area contributed by atoms with Crippen LogP contribution in [0.2, 0.25) is 0 Å². The first kappa shape index (κ1) is 11.5. The van der Waals surface area contributed by atoms with E-state index in [1.807, 2.05) is 0 Å². The number of primary amides is 1. The zero-order valence-electron chi connectivity index (χ0n) is 6.45. The van der Waals surface area contributed by atoms with Crippen molar-refractivity contribution in [3.05, 3.63) is 23.8 Å². The van der Waals surface area contributed by atoms with Gasteiger partial charge < -0.3 is 11.5 Å². The van der Waals surface area contributed by atoms with Crippen LogP contribution in [0.15, 0.2) is 23.1 Å². The monoisotopic (exact) mass is 232 g/mol. The third-order valence-electron chi connectivity index (χ3n) is 1.31. The van der Waals surface area contributed by atoms with Gasteiger partial charge in [0.15, 0.2) is 0 Å². The summed E-state index contributed by atoms with van der Waals surface area (Å²) in [5.41, 5.74) is 11.4. The Morgan fingerprint density at radius 3 is 2.42 bits per heavy atom. The smallest absolute Gasteiger partial charge is 0.248 e. The molecule has 1 amide bonds. The Hall–Kier alpha value is -0.537. The summed E-state index contributed by atoms with van der Waals surface area (Å²) in [4.78, 5) is 11.3. The normalized spacial score (nSPS) is 8.75. The van der Waals surface area contributed by atoms with Crippen LogP contribution < -0.4 is 11.5 Å². The van der Waals surface area contributed by atoms with Gasteiger partial charge in [-0.25, -0.2) is 0 Å². The standard InChI is InChI=1S/C7H8N2OS.Zn/c8-5-3-4(7(9)10)1-2-6(5)11;/h1-3,11H,8H2,(H2,9,10);. The third-order valence-corrected chi connectivity index (χ3v) is 1.72. The maximum atomic E-state index is 10.6. The number of carbonyl (C=O) groups excluding carboxylic acids is 1. The van der Waals surface area contributed by atoms with Crippen LogP contribution in [0.4, 0.5) is 5.69 Å². The number of nitrogen functional groups attached to an aromatic ring is 1. The number of nitrogens with two attached hydrogens (primary N) is 2. The van der Waals surface area contributed by atoms with E-state index in [1.165, 1.54) is 6.07 Å². The Balaban J connectivity index is 0.00000121. The molecule has 0 bridgehead atoms. The Bertz CT molecular complexity index is 303. The minimum absolute atomic E-state index is 0. The average molecular weight is 234 g/mol. The fourth-order valence-corrected chi connectivity index (χ4v) is 0.847. The Kier molecular flexibility index (Phi) is 4.28. The second-order valence-corrected chi connectivity index (χ2v) is 2.62. The minimum atomic E-state index is -0.481. The molecule has 0 fully saturated rings. The van der Waals surface area contributed by atoms with Gasteiger partial charge in [0, 0.05) is 35.6 Å². The van der Waals surface area contributed by atoms with Crippen molar-refractivity contribution in [1.29, 1.82) is 0 Å². The Morgan fingerprint density at radius 2 is 2.00 bits per heavy atom. The van der Waals surface area contributed by atoms with Crippen LogP contribution in [-0.2, 0) is 19.5 Å². The van der Waals surface area contributed by atoms with E-state index in [9.17, 15) is 4.79 Å². The molecule has 1 aromatic rings. The molecule has 60 valence electrons. The molecule has 5 heteroatoms. The number of thiol groups is 1. The number of hydrogen-bond donors (Lipinski definition) is 3. The minimum Gasteiger partial charge on any atom is -0.398 e. The van der Waals surface area contributed by atoms with Gasteiger partial charge in [0.1, 0.15) is 0 Å². The van der Waals surface area contributed by atoms with Gasteiger partial charge in [-0.1, -0.05) is 0 Å². The van der Waals surface area contributed by atoms with Crippen molar-refractivity contribution in [1.82, 2.24) is 0 Å². The fourth-order valence-electron chi connectivity index (χ4n) is 0.708. The molecular weight excluding hydrogens is 226 g/mol. The predicted octanol–water partition coefficient (Wildman–Crippen LogP) is 0.654.